The third kappa shape index (κ3) is 4.49. The summed E-state index contributed by atoms with van der Waals surface area (Å²) >= 11 is 0. The molecule has 0 amide bonds. The minimum atomic E-state index is -0.828. The Bertz CT molecular complexity index is 218. The number of rotatable bonds is 8. The fourth-order valence-electron chi connectivity index (χ4n) is 1.46. The second-order valence-corrected chi connectivity index (χ2v) is 4.93. The molecule has 16 heavy (non-hydrogen) atoms. The molecule has 1 atom stereocenters. The van der Waals surface area contributed by atoms with Crippen molar-refractivity contribution in [2.45, 2.75) is 39.2 Å². The van der Waals surface area contributed by atoms with E-state index in [0.717, 1.165) is 13.0 Å². The second kappa shape index (κ2) is 6.86. The third-order valence-corrected chi connectivity index (χ3v) is 3.14. The van der Waals surface area contributed by atoms with Gasteiger partial charge in [-0.2, -0.15) is 0 Å². The van der Waals surface area contributed by atoms with Gasteiger partial charge in [-0.05, 0) is 39.3 Å². The van der Waals surface area contributed by atoms with Crippen LogP contribution in [-0.4, -0.2) is 48.8 Å². The Hall–Kier alpha value is -0.610. The number of ether oxygens (including phenoxy) is 1. The van der Waals surface area contributed by atoms with Crippen LogP contribution in [0.15, 0.2) is 0 Å². The van der Waals surface area contributed by atoms with Gasteiger partial charge < -0.3 is 9.84 Å². The van der Waals surface area contributed by atoms with Crippen molar-refractivity contribution in [2.24, 2.45) is 5.92 Å². The van der Waals surface area contributed by atoms with Crippen LogP contribution in [0.4, 0.5) is 0 Å². The maximum Gasteiger partial charge on any atom is 0.323 e. The zero-order valence-corrected chi connectivity index (χ0v) is 11.1. The average Bonchev–Trinajstić information content (AvgIpc) is 2.21. The van der Waals surface area contributed by atoms with Crippen LogP contribution in [-0.2, 0) is 9.53 Å². The largest absolute Gasteiger partial charge is 0.480 e. The number of nitrogens with zero attached hydrogens (tertiary/aromatic N) is 1. The van der Waals surface area contributed by atoms with Crippen LogP contribution in [0.2, 0.25) is 0 Å². The second-order valence-electron chi connectivity index (χ2n) is 4.93. The predicted octanol–water partition coefficient (Wildman–Crippen LogP) is 1.84. The van der Waals surface area contributed by atoms with Crippen molar-refractivity contribution in [3.8, 4) is 0 Å². The van der Waals surface area contributed by atoms with Gasteiger partial charge in [0.2, 0.25) is 0 Å². The smallest absolute Gasteiger partial charge is 0.323 e. The van der Waals surface area contributed by atoms with Gasteiger partial charge in [-0.3, -0.25) is 9.69 Å². The van der Waals surface area contributed by atoms with E-state index < -0.39 is 11.5 Å². The van der Waals surface area contributed by atoms with Crippen molar-refractivity contribution in [2.75, 3.05) is 27.3 Å². The van der Waals surface area contributed by atoms with E-state index in [1.165, 1.54) is 0 Å². The van der Waals surface area contributed by atoms with E-state index in [-0.39, 0.29) is 0 Å². The van der Waals surface area contributed by atoms with Gasteiger partial charge >= 0.3 is 5.97 Å². The number of hydrogen-bond acceptors (Lipinski definition) is 3. The summed E-state index contributed by atoms with van der Waals surface area (Å²) in [4.78, 5) is 13.2. The molecule has 0 heterocycles. The molecular weight excluding hydrogens is 206 g/mol. The molecule has 1 N–H and O–H groups in total. The molecule has 0 aromatic heterocycles. The molecule has 1 unspecified atom stereocenters. The number of carboxylic acids is 1. The Balaban J connectivity index is 4.44. The summed E-state index contributed by atoms with van der Waals surface area (Å²) in [5.74, 6) is -0.196. The molecule has 0 bridgehead atoms. The summed E-state index contributed by atoms with van der Waals surface area (Å²) in [6.45, 7) is 7.30. The average molecular weight is 231 g/mol. The van der Waals surface area contributed by atoms with Gasteiger partial charge in [-0.25, -0.2) is 0 Å². The number of aliphatic carboxylic acids is 1. The number of likely N-dealkylation sites (N-methyl/N-ethyl adjacent to an activating group) is 1. The maximum atomic E-state index is 11.3. The SMILES string of the molecule is COCCC(C)(C(=O)O)N(C)CCC(C)C. The summed E-state index contributed by atoms with van der Waals surface area (Å²) in [5.41, 5.74) is -0.828. The topological polar surface area (TPSA) is 49.8 Å². The molecule has 0 aliphatic carbocycles. The van der Waals surface area contributed by atoms with Crippen molar-refractivity contribution in [3.63, 3.8) is 0 Å². The lowest BCUT2D eigenvalue weighted by Gasteiger charge is -2.35. The number of hydrogen-bond donors (Lipinski definition) is 1. The van der Waals surface area contributed by atoms with E-state index in [1.54, 1.807) is 14.0 Å². The van der Waals surface area contributed by atoms with Crippen molar-refractivity contribution in [1.29, 1.82) is 0 Å². The molecule has 96 valence electrons. The summed E-state index contributed by atoms with van der Waals surface area (Å²) in [5, 5.41) is 9.30. The van der Waals surface area contributed by atoms with Gasteiger partial charge in [-0.1, -0.05) is 13.8 Å². The molecule has 0 spiro atoms. The lowest BCUT2D eigenvalue weighted by atomic mass is 9.95. The van der Waals surface area contributed by atoms with Crippen LogP contribution in [0.5, 0.6) is 0 Å². The monoisotopic (exact) mass is 231 g/mol. The molecule has 0 aliphatic heterocycles. The van der Waals surface area contributed by atoms with Crippen molar-refractivity contribution >= 4 is 5.97 Å². The fraction of sp³-hybridized carbons (Fsp3) is 0.917. The molecule has 0 aromatic carbocycles. The van der Waals surface area contributed by atoms with E-state index in [1.807, 2.05) is 11.9 Å². The highest BCUT2D eigenvalue weighted by Crippen LogP contribution is 2.19. The van der Waals surface area contributed by atoms with Gasteiger partial charge in [0.1, 0.15) is 5.54 Å². The standard InChI is InChI=1S/C12H25NO3/c1-10(2)6-8-13(4)12(3,11(14)15)7-9-16-5/h10H,6-9H2,1-5H3,(H,14,15). The van der Waals surface area contributed by atoms with Crippen LogP contribution < -0.4 is 0 Å². The van der Waals surface area contributed by atoms with Crippen LogP contribution >= 0.6 is 0 Å². The first kappa shape index (κ1) is 15.4. The predicted molar refractivity (Wildman–Crippen MR) is 64.6 cm³/mol. The van der Waals surface area contributed by atoms with Crippen molar-refractivity contribution in [1.82, 2.24) is 4.90 Å². The van der Waals surface area contributed by atoms with E-state index in [4.69, 9.17) is 4.74 Å². The van der Waals surface area contributed by atoms with Gasteiger partial charge in [0.15, 0.2) is 0 Å². The zero-order valence-electron chi connectivity index (χ0n) is 11.1. The molecule has 0 fully saturated rings. The maximum absolute atomic E-state index is 11.3. The van der Waals surface area contributed by atoms with E-state index in [9.17, 15) is 9.90 Å². The van der Waals surface area contributed by atoms with Gasteiger partial charge in [0.05, 0.1) is 0 Å². The normalized spacial score (nSPS) is 15.4. The summed E-state index contributed by atoms with van der Waals surface area (Å²) < 4.78 is 4.97. The van der Waals surface area contributed by atoms with Crippen molar-refractivity contribution < 1.29 is 14.6 Å². The van der Waals surface area contributed by atoms with Crippen molar-refractivity contribution in [3.05, 3.63) is 0 Å². The fourth-order valence-corrected chi connectivity index (χ4v) is 1.46. The van der Waals surface area contributed by atoms with Crippen LogP contribution in [0.3, 0.4) is 0 Å². The van der Waals surface area contributed by atoms with Crippen LogP contribution in [0, 0.1) is 5.92 Å². The number of carbonyl (C=O) groups is 1. The Morgan fingerprint density at radius 3 is 2.44 bits per heavy atom. The Kier molecular flexibility index (Phi) is 6.60. The third-order valence-electron chi connectivity index (χ3n) is 3.14. The molecule has 0 saturated heterocycles. The molecule has 0 aliphatic rings. The quantitative estimate of drug-likeness (QED) is 0.692. The summed E-state index contributed by atoms with van der Waals surface area (Å²) in [7, 11) is 3.46. The Morgan fingerprint density at radius 1 is 1.50 bits per heavy atom. The first-order valence-corrected chi connectivity index (χ1v) is 5.78. The highest BCUT2D eigenvalue weighted by Gasteiger charge is 2.36. The van der Waals surface area contributed by atoms with E-state index in [2.05, 4.69) is 13.8 Å². The first-order valence-electron chi connectivity index (χ1n) is 5.78. The summed E-state index contributed by atoms with van der Waals surface area (Å²) in [6, 6.07) is 0. The highest BCUT2D eigenvalue weighted by atomic mass is 16.5. The Labute approximate surface area is 98.6 Å². The molecule has 4 nitrogen and oxygen atoms in total. The molecule has 0 saturated carbocycles. The van der Waals surface area contributed by atoms with Crippen LogP contribution in [0.25, 0.3) is 0 Å². The number of methoxy groups -OCH3 is 1. The van der Waals surface area contributed by atoms with E-state index in [0.29, 0.717) is 18.9 Å². The lowest BCUT2D eigenvalue weighted by molar-refractivity contribution is -0.151. The highest BCUT2D eigenvalue weighted by molar-refractivity contribution is 5.78. The van der Waals surface area contributed by atoms with Gasteiger partial charge in [0.25, 0.3) is 0 Å². The minimum Gasteiger partial charge on any atom is -0.480 e. The minimum absolute atomic E-state index is 0.467. The molecule has 0 radical (unpaired) electrons. The molecule has 4 heteroatoms. The first-order chi connectivity index (χ1) is 7.34. The molecular formula is C12H25NO3. The molecule has 0 rings (SSSR count). The number of carboxylic acid groups (broad SMARTS) is 1. The zero-order chi connectivity index (χ0) is 12.8. The van der Waals surface area contributed by atoms with Gasteiger partial charge in [0, 0.05) is 13.7 Å². The van der Waals surface area contributed by atoms with E-state index >= 15 is 0 Å². The summed E-state index contributed by atoms with van der Waals surface area (Å²) in [6.07, 6.45) is 1.51. The molecule has 0 aromatic rings. The van der Waals surface area contributed by atoms with Gasteiger partial charge in [-0.15, -0.1) is 0 Å². The Morgan fingerprint density at radius 2 is 2.06 bits per heavy atom. The lowest BCUT2D eigenvalue weighted by Crippen LogP contribution is -2.51. The van der Waals surface area contributed by atoms with Crippen LogP contribution in [0.1, 0.15) is 33.6 Å².